The summed E-state index contributed by atoms with van der Waals surface area (Å²) in [5.74, 6) is 3.28. The van der Waals surface area contributed by atoms with Crippen LogP contribution in [0.4, 0.5) is 0 Å². The average molecular weight is 461 g/mol. The van der Waals surface area contributed by atoms with Crippen molar-refractivity contribution in [3.8, 4) is 0 Å². The van der Waals surface area contributed by atoms with Gasteiger partial charge in [-0.2, -0.15) is 11.8 Å². The van der Waals surface area contributed by atoms with Crippen molar-refractivity contribution < 1.29 is 5.11 Å². The third kappa shape index (κ3) is 3.47. The Balaban J connectivity index is 0.00000156. The summed E-state index contributed by atoms with van der Waals surface area (Å²) in [6, 6.07) is 8.78. The van der Waals surface area contributed by atoms with Gasteiger partial charge in [0.05, 0.1) is 18.7 Å². The maximum Gasteiger partial charge on any atom is 0.194 e. The van der Waals surface area contributed by atoms with Crippen LogP contribution >= 0.6 is 47.1 Å². The van der Waals surface area contributed by atoms with Gasteiger partial charge in [0.2, 0.25) is 0 Å². The van der Waals surface area contributed by atoms with Gasteiger partial charge in [-0.25, -0.2) is 0 Å². The number of fused-ring (bicyclic) bond motifs is 2. The molecule has 3 heterocycles. The Morgan fingerprint density at radius 3 is 3.17 bits per heavy atom. The van der Waals surface area contributed by atoms with Crippen LogP contribution < -0.4 is 5.32 Å². The maximum atomic E-state index is 10.5. The molecule has 4 nitrogen and oxygen atoms in total. The van der Waals surface area contributed by atoms with Crippen molar-refractivity contribution in [1.29, 1.82) is 0 Å². The van der Waals surface area contributed by atoms with Gasteiger partial charge in [-0.1, -0.05) is 18.2 Å². The first-order chi connectivity index (χ1) is 10.8. The minimum absolute atomic E-state index is 0. The van der Waals surface area contributed by atoms with Gasteiger partial charge in [0.1, 0.15) is 0 Å². The van der Waals surface area contributed by atoms with E-state index in [-0.39, 0.29) is 24.0 Å². The highest BCUT2D eigenvalue weighted by molar-refractivity contribution is 14.0. The normalized spacial score (nSPS) is 21.5. The van der Waals surface area contributed by atoms with Gasteiger partial charge in [0.15, 0.2) is 5.96 Å². The Hall–Kier alpha value is -0.510. The van der Waals surface area contributed by atoms with E-state index in [2.05, 4.69) is 32.7 Å². The molecule has 1 aromatic heterocycles. The van der Waals surface area contributed by atoms with Crippen molar-refractivity contribution in [3.63, 3.8) is 0 Å². The smallest absolute Gasteiger partial charge is 0.194 e. The van der Waals surface area contributed by atoms with Crippen LogP contribution in [-0.4, -0.2) is 53.1 Å². The molecule has 0 radical (unpaired) electrons. The number of nitrogens with one attached hydrogen (secondary N) is 1. The minimum atomic E-state index is -0.503. The molecule has 4 rings (SSSR count). The summed E-state index contributed by atoms with van der Waals surface area (Å²) >= 11 is 3.69. The number of hydrogen-bond acceptors (Lipinski definition) is 6. The molecule has 2 aliphatic heterocycles. The van der Waals surface area contributed by atoms with Crippen LogP contribution in [0.3, 0.4) is 0 Å². The molecule has 0 saturated carbocycles. The number of benzene rings is 1. The lowest BCUT2D eigenvalue weighted by Gasteiger charge is -2.32. The average Bonchev–Trinajstić information content (AvgIpc) is 3.17. The molecule has 0 amide bonds. The highest BCUT2D eigenvalue weighted by Gasteiger charge is 2.30. The zero-order valence-corrected chi connectivity index (χ0v) is 16.6. The molecular weight excluding hydrogens is 441 g/mol. The monoisotopic (exact) mass is 461 g/mol. The predicted octanol–water partition coefficient (Wildman–Crippen LogP) is 2.93. The zero-order chi connectivity index (χ0) is 14.9. The Morgan fingerprint density at radius 2 is 2.26 bits per heavy atom. The van der Waals surface area contributed by atoms with E-state index in [1.165, 1.54) is 4.70 Å². The summed E-state index contributed by atoms with van der Waals surface area (Å²) < 4.78 is 1.22. The zero-order valence-electron chi connectivity index (χ0n) is 12.6. The summed E-state index contributed by atoms with van der Waals surface area (Å²) in [7, 11) is 0. The molecule has 0 bridgehead atoms. The van der Waals surface area contributed by atoms with Crippen LogP contribution in [0.1, 0.15) is 11.7 Å². The van der Waals surface area contributed by atoms with E-state index in [1.54, 1.807) is 11.3 Å². The molecule has 2 N–H and O–H groups in total. The number of nitrogens with zero attached hydrogens (tertiary/aromatic N) is 2. The topological polar surface area (TPSA) is 47.9 Å². The lowest BCUT2D eigenvalue weighted by molar-refractivity contribution is 0.181. The Morgan fingerprint density at radius 1 is 1.39 bits per heavy atom. The molecule has 2 atom stereocenters. The van der Waals surface area contributed by atoms with Crippen LogP contribution in [0, 0.1) is 0 Å². The molecule has 124 valence electrons. The second-order valence-electron chi connectivity index (χ2n) is 5.67. The molecule has 7 heteroatoms. The second-order valence-corrected chi connectivity index (χ2v) is 7.73. The first kappa shape index (κ1) is 17.3. The number of aliphatic hydroxyl groups is 1. The quantitative estimate of drug-likeness (QED) is 0.691. The summed E-state index contributed by atoms with van der Waals surface area (Å²) in [5.41, 5.74) is 1.01. The lowest BCUT2D eigenvalue weighted by atomic mass is 10.1. The fourth-order valence-electron chi connectivity index (χ4n) is 3.08. The first-order valence-electron chi connectivity index (χ1n) is 7.60. The molecule has 2 unspecified atom stereocenters. The van der Waals surface area contributed by atoms with E-state index in [1.807, 2.05) is 23.9 Å². The predicted molar refractivity (Wildman–Crippen MR) is 110 cm³/mol. The van der Waals surface area contributed by atoms with Gasteiger partial charge >= 0.3 is 0 Å². The Bertz CT molecular complexity index is 705. The largest absolute Gasteiger partial charge is 0.387 e. The maximum absolute atomic E-state index is 10.5. The van der Waals surface area contributed by atoms with Crippen LogP contribution in [0.5, 0.6) is 0 Å². The number of aliphatic imine (C=N–C) groups is 1. The number of guanidine groups is 1. The van der Waals surface area contributed by atoms with Crippen molar-refractivity contribution in [1.82, 2.24) is 10.2 Å². The summed E-state index contributed by atoms with van der Waals surface area (Å²) in [6.07, 6.45) is -0.503. The van der Waals surface area contributed by atoms with Crippen molar-refractivity contribution in [2.24, 2.45) is 4.99 Å². The van der Waals surface area contributed by atoms with E-state index < -0.39 is 6.10 Å². The molecule has 2 aliphatic rings. The number of thiophene rings is 1. The standard InChI is InChI=1S/C16H19N3OS2.HI/c20-14(13-10-22-15-4-2-1-3-12(13)15)8-18-16-17-7-11-9-21-6-5-19(11)16;/h1-4,10-11,14,20H,5-9H2,(H,17,18);1H. The van der Waals surface area contributed by atoms with E-state index in [9.17, 15) is 5.11 Å². The van der Waals surface area contributed by atoms with Crippen LogP contribution in [0.25, 0.3) is 10.1 Å². The van der Waals surface area contributed by atoms with Crippen LogP contribution in [0.2, 0.25) is 0 Å². The molecule has 1 aromatic carbocycles. The van der Waals surface area contributed by atoms with Gasteiger partial charge in [0, 0.05) is 34.9 Å². The number of hydrogen-bond donors (Lipinski definition) is 2. The molecular formula is C16H20IN3OS2. The van der Waals surface area contributed by atoms with E-state index in [0.717, 1.165) is 41.5 Å². The highest BCUT2D eigenvalue weighted by atomic mass is 127. The van der Waals surface area contributed by atoms with Crippen molar-refractivity contribution in [2.75, 3.05) is 31.1 Å². The van der Waals surface area contributed by atoms with Crippen molar-refractivity contribution in [3.05, 3.63) is 35.2 Å². The molecule has 2 aromatic rings. The van der Waals surface area contributed by atoms with Gasteiger partial charge < -0.3 is 15.3 Å². The van der Waals surface area contributed by atoms with E-state index in [4.69, 9.17) is 0 Å². The SMILES string of the molecule is I.OC(CNC1=NCC2CSCCN12)c1csc2ccccc12. The summed E-state index contributed by atoms with van der Waals surface area (Å²) in [6.45, 7) is 2.45. The first-order valence-corrected chi connectivity index (χ1v) is 9.63. The second kappa shape index (κ2) is 7.58. The minimum Gasteiger partial charge on any atom is -0.387 e. The van der Waals surface area contributed by atoms with Crippen molar-refractivity contribution >= 4 is 63.1 Å². The molecule has 0 aliphatic carbocycles. The summed E-state index contributed by atoms with van der Waals surface area (Å²) in [5, 5.41) is 17.1. The van der Waals surface area contributed by atoms with Crippen LogP contribution in [-0.2, 0) is 0 Å². The lowest BCUT2D eigenvalue weighted by Crippen LogP contribution is -2.48. The fraction of sp³-hybridized carbons (Fsp3) is 0.438. The number of thioether (sulfide) groups is 1. The van der Waals surface area contributed by atoms with Gasteiger partial charge in [-0.3, -0.25) is 4.99 Å². The molecule has 1 saturated heterocycles. The molecule has 1 fully saturated rings. The summed E-state index contributed by atoms with van der Waals surface area (Å²) in [4.78, 5) is 6.96. The molecule has 0 spiro atoms. The van der Waals surface area contributed by atoms with E-state index >= 15 is 0 Å². The van der Waals surface area contributed by atoms with Gasteiger partial charge in [0.25, 0.3) is 0 Å². The number of aliphatic hydroxyl groups excluding tert-OH is 1. The van der Waals surface area contributed by atoms with Gasteiger partial charge in [-0.15, -0.1) is 35.3 Å². The van der Waals surface area contributed by atoms with Crippen molar-refractivity contribution in [2.45, 2.75) is 12.1 Å². The molecule has 23 heavy (non-hydrogen) atoms. The number of rotatable bonds is 3. The third-order valence-corrected chi connectivity index (χ3v) is 6.35. The third-order valence-electron chi connectivity index (χ3n) is 4.27. The Labute approximate surface area is 161 Å². The Kier molecular flexibility index (Phi) is 5.71. The van der Waals surface area contributed by atoms with E-state index in [0.29, 0.717) is 12.6 Å². The van der Waals surface area contributed by atoms with Gasteiger partial charge in [-0.05, 0) is 16.8 Å². The number of halogens is 1. The fourth-order valence-corrected chi connectivity index (χ4v) is 5.14. The van der Waals surface area contributed by atoms with Crippen LogP contribution in [0.15, 0.2) is 34.6 Å². The highest BCUT2D eigenvalue weighted by Crippen LogP contribution is 2.30.